The third-order valence-corrected chi connectivity index (χ3v) is 6.34. The third-order valence-electron chi connectivity index (χ3n) is 6.34. The van der Waals surface area contributed by atoms with E-state index in [1.165, 1.54) is 0 Å². The lowest BCUT2D eigenvalue weighted by Gasteiger charge is -2.37. The number of alkyl carbamates (subject to hydrolysis) is 1. The van der Waals surface area contributed by atoms with Crippen molar-refractivity contribution in [2.45, 2.75) is 38.4 Å². The van der Waals surface area contributed by atoms with Crippen LogP contribution in [-0.4, -0.2) is 61.6 Å². The van der Waals surface area contributed by atoms with E-state index in [4.69, 9.17) is 19.0 Å². The predicted octanol–water partition coefficient (Wildman–Crippen LogP) is 3.51. The summed E-state index contributed by atoms with van der Waals surface area (Å²) in [6, 6.07) is 15.1. The van der Waals surface area contributed by atoms with E-state index in [9.17, 15) is 9.59 Å². The quantitative estimate of drug-likeness (QED) is 0.435. The number of methoxy groups -OCH3 is 1. The number of hydrogen-bond donors (Lipinski definition) is 1. The number of nitrogens with one attached hydrogen (secondary N) is 1. The van der Waals surface area contributed by atoms with Crippen LogP contribution in [0.15, 0.2) is 53.7 Å². The minimum absolute atomic E-state index is 0.0376. The number of likely N-dealkylation sites (tertiary alicyclic amines) is 1. The summed E-state index contributed by atoms with van der Waals surface area (Å²) in [6.07, 6.45) is 1.59. The summed E-state index contributed by atoms with van der Waals surface area (Å²) < 4.78 is 16.3. The predicted molar refractivity (Wildman–Crippen MR) is 130 cm³/mol. The molecule has 1 N–H and O–H groups in total. The number of piperidine rings is 1. The molecule has 2 aromatic rings. The number of benzene rings is 2. The standard InChI is InChI=1S/C26H31N3O6/c1-3-23(28-34-16-19-4-8-21(32-2)9-5-19)20-6-10-22(11-7-20)33-17-24(30)29-14-12-26(13-15-29)18-27-25(31)35-26/h4-11H,3,12-18H2,1-2H3,(H,27,31)/b28-23+. The maximum Gasteiger partial charge on any atom is 0.407 e. The topological polar surface area (TPSA) is 98.7 Å². The van der Waals surface area contributed by atoms with Crippen LogP contribution in [0.3, 0.4) is 0 Å². The Balaban J connectivity index is 1.24. The summed E-state index contributed by atoms with van der Waals surface area (Å²) in [5.74, 6) is 1.33. The molecule has 2 amide bonds. The number of carbonyl (C=O) groups is 2. The first-order valence-electron chi connectivity index (χ1n) is 11.8. The Morgan fingerprint density at radius 3 is 2.37 bits per heavy atom. The summed E-state index contributed by atoms with van der Waals surface area (Å²) in [7, 11) is 1.63. The molecule has 0 atom stereocenters. The molecule has 0 saturated carbocycles. The summed E-state index contributed by atoms with van der Waals surface area (Å²) in [5.41, 5.74) is 2.29. The molecule has 186 valence electrons. The molecule has 0 bridgehead atoms. The van der Waals surface area contributed by atoms with Gasteiger partial charge in [0, 0.05) is 25.9 Å². The van der Waals surface area contributed by atoms with Gasteiger partial charge in [0.05, 0.1) is 19.4 Å². The average molecular weight is 482 g/mol. The fourth-order valence-corrected chi connectivity index (χ4v) is 4.15. The van der Waals surface area contributed by atoms with Gasteiger partial charge in [-0.25, -0.2) is 4.79 Å². The first kappa shape index (κ1) is 24.4. The van der Waals surface area contributed by atoms with Crippen LogP contribution in [0.25, 0.3) is 0 Å². The Morgan fingerprint density at radius 2 is 1.77 bits per heavy atom. The molecule has 2 aliphatic heterocycles. The van der Waals surface area contributed by atoms with Crippen LogP contribution in [0.2, 0.25) is 0 Å². The van der Waals surface area contributed by atoms with Crippen molar-refractivity contribution < 1.29 is 28.6 Å². The van der Waals surface area contributed by atoms with Crippen molar-refractivity contribution in [3.63, 3.8) is 0 Å². The Labute approximate surface area is 205 Å². The molecule has 0 unspecified atom stereocenters. The Kier molecular flexibility index (Phi) is 7.74. The van der Waals surface area contributed by atoms with Crippen molar-refractivity contribution in [3.05, 3.63) is 59.7 Å². The van der Waals surface area contributed by atoms with E-state index < -0.39 is 5.60 Å². The van der Waals surface area contributed by atoms with Gasteiger partial charge in [0.15, 0.2) is 6.61 Å². The van der Waals surface area contributed by atoms with Gasteiger partial charge >= 0.3 is 6.09 Å². The molecule has 9 heteroatoms. The van der Waals surface area contributed by atoms with Gasteiger partial charge in [0.25, 0.3) is 5.91 Å². The molecule has 2 fully saturated rings. The van der Waals surface area contributed by atoms with Crippen molar-refractivity contribution in [1.82, 2.24) is 10.2 Å². The molecule has 2 aliphatic rings. The number of amides is 2. The number of carbonyl (C=O) groups excluding carboxylic acids is 2. The van der Waals surface area contributed by atoms with E-state index in [-0.39, 0.29) is 18.6 Å². The minimum atomic E-state index is -0.471. The van der Waals surface area contributed by atoms with Gasteiger partial charge in [0.2, 0.25) is 0 Å². The van der Waals surface area contributed by atoms with E-state index in [1.807, 2.05) is 55.5 Å². The summed E-state index contributed by atoms with van der Waals surface area (Å²) in [4.78, 5) is 31.2. The van der Waals surface area contributed by atoms with Crippen LogP contribution in [-0.2, 0) is 21.0 Å². The van der Waals surface area contributed by atoms with E-state index in [0.717, 1.165) is 22.6 Å². The molecule has 0 radical (unpaired) electrons. The first-order valence-corrected chi connectivity index (χ1v) is 11.8. The molecule has 0 aliphatic carbocycles. The van der Waals surface area contributed by atoms with Gasteiger partial charge in [-0.3, -0.25) is 4.79 Å². The zero-order valence-electron chi connectivity index (χ0n) is 20.1. The molecular formula is C26H31N3O6. The van der Waals surface area contributed by atoms with Crippen molar-refractivity contribution in [3.8, 4) is 11.5 Å². The van der Waals surface area contributed by atoms with E-state index in [0.29, 0.717) is 51.3 Å². The number of rotatable bonds is 9. The van der Waals surface area contributed by atoms with Gasteiger partial charge < -0.3 is 29.3 Å². The van der Waals surface area contributed by atoms with Gasteiger partial charge in [-0.2, -0.15) is 0 Å². The van der Waals surface area contributed by atoms with Crippen molar-refractivity contribution in [2.75, 3.05) is 33.4 Å². The lowest BCUT2D eigenvalue weighted by atomic mass is 9.91. The SMILES string of the molecule is CC/C(=N\OCc1ccc(OC)cc1)c1ccc(OCC(=O)N2CCC3(CC2)CNC(=O)O3)cc1. The zero-order valence-corrected chi connectivity index (χ0v) is 20.1. The van der Waals surface area contributed by atoms with Crippen LogP contribution in [0, 0.1) is 0 Å². The lowest BCUT2D eigenvalue weighted by molar-refractivity contribution is -0.136. The Morgan fingerprint density at radius 1 is 1.09 bits per heavy atom. The summed E-state index contributed by atoms with van der Waals surface area (Å²) in [6.45, 7) is 3.94. The second kappa shape index (κ2) is 11.1. The van der Waals surface area contributed by atoms with Gasteiger partial charge in [-0.1, -0.05) is 24.2 Å². The number of oxime groups is 1. The highest BCUT2D eigenvalue weighted by Gasteiger charge is 2.43. The molecule has 2 saturated heterocycles. The highest BCUT2D eigenvalue weighted by atomic mass is 16.6. The Bertz CT molecular complexity index is 1040. The molecule has 2 heterocycles. The largest absolute Gasteiger partial charge is 0.497 e. The summed E-state index contributed by atoms with van der Waals surface area (Å²) in [5, 5.41) is 7.00. The number of ether oxygens (including phenoxy) is 3. The Hall–Kier alpha value is -3.75. The zero-order chi connectivity index (χ0) is 24.7. The third kappa shape index (κ3) is 6.23. The van der Waals surface area contributed by atoms with E-state index in [2.05, 4.69) is 10.5 Å². The monoisotopic (exact) mass is 481 g/mol. The van der Waals surface area contributed by atoms with Crippen LogP contribution in [0.1, 0.15) is 37.3 Å². The van der Waals surface area contributed by atoms with Crippen molar-refractivity contribution in [2.24, 2.45) is 5.16 Å². The smallest absolute Gasteiger partial charge is 0.407 e. The highest BCUT2D eigenvalue weighted by Crippen LogP contribution is 2.29. The van der Waals surface area contributed by atoms with Gasteiger partial charge in [0.1, 0.15) is 23.7 Å². The molecule has 2 aromatic carbocycles. The number of nitrogens with zero attached hydrogens (tertiary/aromatic N) is 2. The second-order valence-electron chi connectivity index (χ2n) is 8.63. The first-order chi connectivity index (χ1) is 17.0. The van der Waals surface area contributed by atoms with E-state index >= 15 is 0 Å². The fourth-order valence-electron chi connectivity index (χ4n) is 4.15. The van der Waals surface area contributed by atoms with Crippen LogP contribution in [0.5, 0.6) is 11.5 Å². The molecule has 0 aromatic heterocycles. The maximum atomic E-state index is 12.6. The molecular weight excluding hydrogens is 450 g/mol. The van der Waals surface area contributed by atoms with Gasteiger partial charge in [-0.05, 0) is 53.9 Å². The molecule has 35 heavy (non-hydrogen) atoms. The van der Waals surface area contributed by atoms with Crippen molar-refractivity contribution in [1.29, 1.82) is 0 Å². The van der Waals surface area contributed by atoms with Crippen molar-refractivity contribution >= 4 is 17.7 Å². The summed E-state index contributed by atoms with van der Waals surface area (Å²) >= 11 is 0. The highest BCUT2D eigenvalue weighted by molar-refractivity contribution is 6.00. The van der Waals surface area contributed by atoms with Gasteiger partial charge in [-0.15, -0.1) is 0 Å². The average Bonchev–Trinajstić information content (AvgIpc) is 3.26. The number of hydrogen-bond acceptors (Lipinski definition) is 7. The van der Waals surface area contributed by atoms with E-state index in [1.54, 1.807) is 12.0 Å². The lowest BCUT2D eigenvalue weighted by Crippen LogP contribution is -2.49. The van der Waals surface area contributed by atoms with Crippen LogP contribution in [0.4, 0.5) is 4.79 Å². The molecule has 4 rings (SSSR count). The maximum absolute atomic E-state index is 12.6. The van der Waals surface area contributed by atoms with Crippen LogP contribution < -0.4 is 14.8 Å². The molecule has 9 nitrogen and oxygen atoms in total. The second-order valence-corrected chi connectivity index (χ2v) is 8.63. The molecule has 1 spiro atoms. The van der Waals surface area contributed by atoms with Crippen LogP contribution >= 0.6 is 0 Å². The normalized spacial score (nSPS) is 17.0. The fraction of sp³-hybridized carbons (Fsp3) is 0.423. The minimum Gasteiger partial charge on any atom is -0.497 e.